The topological polar surface area (TPSA) is 91.9 Å². The van der Waals surface area contributed by atoms with Gasteiger partial charge in [0.05, 0.1) is 37.5 Å². The van der Waals surface area contributed by atoms with Gasteiger partial charge in [-0.15, -0.1) is 11.3 Å². The lowest BCUT2D eigenvalue weighted by Gasteiger charge is -2.29. The first kappa shape index (κ1) is 28.0. The number of amides is 1. The van der Waals surface area contributed by atoms with Crippen molar-refractivity contribution in [2.45, 2.75) is 32.2 Å². The lowest BCUT2D eigenvalue weighted by atomic mass is 10.0. The Morgan fingerprint density at radius 2 is 1.97 bits per heavy atom. The summed E-state index contributed by atoms with van der Waals surface area (Å²) in [5, 5.41) is 9.95. The second-order valence-electron chi connectivity index (χ2n) is 9.05. The SMILES string of the molecule is CC(NC=C(C(=O)NCc1ccc(Cl)cc1)C(=O)c1cc(CN2CCOCC2)sc1Cl)C1CNCCO1. The standard InChI is InChI=1S/C26H32Cl2N4O4S/c1-17(23-15-29-6-9-36-23)30-14-22(26(34)31-13-18-2-4-19(27)5-3-18)24(33)21-12-20(37-25(21)28)16-32-7-10-35-11-8-32/h2-5,12,14,17,23,29-30H,6-11,13,15-16H2,1H3,(H,31,34). The fraction of sp³-hybridized carbons (Fsp3) is 0.462. The maximum atomic E-state index is 13.6. The number of nitrogens with one attached hydrogen (secondary N) is 3. The zero-order valence-electron chi connectivity index (χ0n) is 20.7. The van der Waals surface area contributed by atoms with Crippen LogP contribution >= 0.6 is 34.5 Å². The first-order chi connectivity index (χ1) is 17.9. The van der Waals surface area contributed by atoms with Gasteiger partial charge < -0.3 is 25.4 Å². The van der Waals surface area contributed by atoms with E-state index >= 15 is 0 Å². The summed E-state index contributed by atoms with van der Waals surface area (Å²) in [7, 11) is 0. The zero-order chi connectivity index (χ0) is 26.2. The first-order valence-electron chi connectivity index (χ1n) is 12.3. The second-order valence-corrected chi connectivity index (χ2v) is 11.2. The van der Waals surface area contributed by atoms with Crippen molar-refractivity contribution in [3.05, 3.63) is 67.5 Å². The molecular formula is C26H32Cl2N4O4S. The predicted molar refractivity (Wildman–Crippen MR) is 146 cm³/mol. The molecule has 1 aromatic heterocycles. The van der Waals surface area contributed by atoms with E-state index in [1.807, 2.05) is 19.1 Å². The summed E-state index contributed by atoms with van der Waals surface area (Å²) in [6, 6.07) is 8.85. The minimum atomic E-state index is -0.487. The Morgan fingerprint density at radius 1 is 1.22 bits per heavy atom. The number of ether oxygens (including phenoxy) is 2. The number of morpholine rings is 2. The van der Waals surface area contributed by atoms with Crippen LogP contribution in [0, 0.1) is 0 Å². The quantitative estimate of drug-likeness (QED) is 0.176. The van der Waals surface area contributed by atoms with Gasteiger partial charge in [0.15, 0.2) is 0 Å². The molecule has 2 unspecified atom stereocenters. The molecule has 1 amide bonds. The molecule has 1 aromatic carbocycles. The van der Waals surface area contributed by atoms with Crippen LogP contribution in [0.25, 0.3) is 0 Å². The summed E-state index contributed by atoms with van der Waals surface area (Å²) in [4.78, 5) is 30.1. The average Bonchev–Trinajstić information content (AvgIpc) is 3.28. The molecule has 200 valence electrons. The molecule has 0 bridgehead atoms. The highest BCUT2D eigenvalue weighted by atomic mass is 35.5. The summed E-state index contributed by atoms with van der Waals surface area (Å²) < 4.78 is 11.6. The fourth-order valence-corrected chi connectivity index (χ4v) is 5.60. The van der Waals surface area contributed by atoms with E-state index < -0.39 is 11.7 Å². The van der Waals surface area contributed by atoms with Crippen LogP contribution in [0.5, 0.6) is 0 Å². The maximum absolute atomic E-state index is 13.6. The lowest BCUT2D eigenvalue weighted by molar-refractivity contribution is -0.117. The van der Waals surface area contributed by atoms with Crippen molar-refractivity contribution in [1.29, 1.82) is 0 Å². The van der Waals surface area contributed by atoms with E-state index in [-0.39, 0.29) is 24.3 Å². The van der Waals surface area contributed by atoms with E-state index in [0.717, 1.165) is 30.1 Å². The molecule has 11 heteroatoms. The van der Waals surface area contributed by atoms with Crippen LogP contribution in [0.2, 0.25) is 9.36 Å². The maximum Gasteiger partial charge on any atom is 0.257 e. The highest BCUT2D eigenvalue weighted by Gasteiger charge is 2.26. The number of hydrogen-bond acceptors (Lipinski definition) is 8. The third-order valence-corrected chi connectivity index (χ3v) is 7.92. The molecule has 8 nitrogen and oxygen atoms in total. The molecule has 0 radical (unpaired) electrons. The molecule has 0 aliphatic carbocycles. The van der Waals surface area contributed by atoms with E-state index in [2.05, 4.69) is 20.9 Å². The predicted octanol–water partition coefficient (Wildman–Crippen LogP) is 3.24. The number of rotatable bonds is 10. The zero-order valence-corrected chi connectivity index (χ0v) is 23.1. The highest BCUT2D eigenvalue weighted by Crippen LogP contribution is 2.30. The number of thiophene rings is 1. The van der Waals surface area contributed by atoms with Crippen molar-refractivity contribution in [3.63, 3.8) is 0 Å². The van der Waals surface area contributed by atoms with E-state index in [1.165, 1.54) is 17.5 Å². The van der Waals surface area contributed by atoms with Crippen molar-refractivity contribution in [3.8, 4) is 0 Å². The van der Waals surface area contributed by atoms with Crippen LogP contribution < -0.4 is 16.0 Å². The Kier molecular flexibility index (Phi) is 10.4. The summed E-state index contributed by atoms with van der Waals surface area (Å²) in [5.41, 5.74) is 1.18. The Balaban J connectivity index is 1.50. The van der Waals surface area contributed by atoms with Gasteiger partial charge in [-0.05, 0) is 30.7 Å². The molecule has 0 spiro atoms. The molecule has 2 saturated heterocycles. The third kappa shape index (κ3) is 8.00. The molecule has 2 aliphatic rings. The van der Waals surface area contributed by atoms with Crippen molar-refractivity contribution >= 4 is 46.2 Å². The summed E-state index contributed by atoms with van der Waals surface area (Å²) in [6.07, 6.45) is 1.40. The van der Waals surface area contributed by atoms with Gasteiger partial charge in [0.2, 0.25) is 5.78 Å². The lowest BCUT2D eigenvalue weighted by Crippen LogP contribution is -2.48. The van der Waals surface area contributed by atoms with Gasteiger partial charge in [0, 0.05) is 55.4 Å². The number of Topliss-reactive ketones (excluding diaryl/α,β-unsaturated/α-hetero) is 1. The molecule has 2 aromatic rings. The van der Waals surface area contributed by atoms with Gasteiger partial charge >= 0.3 is 0 Å². The second kappa shape index (κ2) is 13.7. The molecule has 2 atom stereocenters. The number of carbonyl (C=O) groups is 2. The Morgan fingerprint density at radius 3 is 2.68 bits per heavy atom. The van der Waals surface area contributed by atoms with Crippen molar-refractivity contribution < 1.29 is 19.1 Å². The van der Waals surface area contributed by atoms with E-state index in [4.69, 9.17) is 32.7 Å². The number of benzene rings is 1. The highest BCUT2D eigenvalue weighted by molar-refractivity contribution is 7.16. The van der Waals surface area contributed by atoms with Crippen molar-refractivity contribution in [2.75, 3.05) is 46.0 Å². The van der Waals surface area contributed by atoms with Crippen LogP contribution in [-0.2, 0) is 27.4 Å². The normalized spacial score (nSPS) is 19.9. The molecule has 0 saturated carbocycles. The molecule has 4 rings (SSSR count). The van der Waals surface area contributed by atoms with Gasteiger partial charge in [0.1, 0.15) is 9.91 Å². The molecule has 2 aliphatic heterocycles. The molecule has 3 N–H and O–H groups in total. The number of nitrogens with zero attached hydrogens (tertiary/aromatic N) is 1. The number of hydrogen-bond donors (Lipinski definition) is 3. The smallest absolute Gasteiger partial charge is 0.257 e. The van der Waals surface area contributed by atoms with Gasteiger partial charge in [-0.1, -0.05) is 35.3 Å². The van der Waals surface area contributed by atoms with Gasteiger partial charge in [-0.3, -0.25) is 14.5 Å². The monoisotopic (exact) mass is 566 g/mol. The minimum Gasteiger partial charge on any atom is -0.385 e. The van der Waals surface area contributed by atoms with Crippen molar-refractivity contribution in [2.24, 2.45) is 0 Å². The Hall–Kier alpha value is -1.98. The van der Waals surface area contributed by atoms with Crippen LogP contribution in [-0.4, -0.2) is 74.7 Å². The molecule has 37 heavy (non-hydrogen) atoms. The number of ketones is 1. The Bertz CT molecular complexity index is 1100. The fourth-order valence-electron chi connectivity index (χ4n) is 4.12. The van der Waals surface area contributed by atoms with Gasteiger partial charge in [-0.2, -0.15) is 0 Å². The third-order valence-electron chi connectivity index (χ3n) is 6.33. The van der Waals surface area contributed by atoms with Crippen LogP contribution in [0.3, 0.4) is 0 Å². The summed E-state index contributed by atoms with van der Waals surface area (Å²) >= 11 is 13.8. The van der Waals surface area contributed by atoms with E-state index in [9.17, 15) is 9.59 Å². The van der Waals surface area contributed by atoms with Crippen molar-refractivity contribution in [1.82, 2.24) is 20.9 Å². The summed E-state index contributed by atoms with van der Waals surface area (Å²) in [5.74, 6) is -0.912. The first-order valence-corrected chi connectivity index (χ1v) is 13.9. The number of halogens is 2. The van der Waals surface area contributed by atoms with Crippen LogP contribution in [0.15, 0.2) is 42.1 Å². The minimum absolute atomic E-state index is 0.0118. The summed E-state index contributed by atoms with van der Waals surface area (Å²) in [6.45, 7) is 8.05. The van der Waals surface area contributed by atoms with E-state index in [0.29, 0.717) is 47.8 Å². The largest absolute Gasteiger partial charge is 0.385 e. The van der Waals surface area contributed by atoms with E-state index in [1.54, 1.807) is 18.2 Å². The molecule has 3 heterocycles. The molecule has 2 fully saturated rings. The van der Waals surface area contributed by atoms with Crippen LogP contribution in [0.4, 0.5) is 0 Å². The molecular weight excluding hydrogens is 535 g/mol. The van der Waals surface area contributed by atoms with Gasteiger partial charge in [-0.25, -0.2) is 0 Å². The average molecular weight is 568 g/mol. The number of carbonyl (C=O) groups excluding carboxylic acids is 2. The Labute approximate surface area is 231 Å². The van der Waals surface area contributed by atoms with Gasteiger partial charge in [0.25, 0.3) is 5.91 Å². The van der Waals surface area contributed by atoms with Crippen LogP contribution in [0.1, 0.15) is 27.7 Å².